The highest BCUT2D eigenvalue weighted by molar-refractivity contribution is 6.03. The molecule has 2 N–H and O–H groups in total. The number of carboxylic acid groups (broad SMARTS) is 1. The summed E-state index contributed by atoms with van der Waals surface area (Å²) in [5, 5.41) is 28.8. The monoisotopic (exact) mass is 573 g/mol. The van der Waals surface area contributed by atoms with E-state index in [4.69, 9.17) is 14.9 Å². The third-order valence-electron chi connectivity index (χ3n) is 6.90. The lowest BCUT2D eigenvalue weighted by Crippen LogP contribution is -2.44. The molecule has 0 aliphatic carbocycles. The van der Waals surface area contributed by atoms with E-state index in [1.807, 2.05) is 48.5 Å². The SMILES string of the molecule is CCN(C(=N)c1ccc(OCc2cccc(COc3ccc(C(C)(C)c4ccc(O)cc4)cc3)c2)cc1)C(=O)[O-].Cl. The van der Waals surface area contributed by atoms with Crippen molar-refractivity contribution in [3.8, 4) is 17.2 Å². The molecule has 0 fully saturated rings. The van der Waals surface area contributed by atoms with Crippen LogP contribution in [0.25, 0.3) is 0 Å². The molecule has 214 valence electrons. The van der Waals surface area contributed by atoms with Crippen molar-refractivity contribution in [3.05, 3.63) is 125 Å². The molecule has 0 aliphatic rings. The van der Waals surface area contributed by atoms with Crippen LogP contribution < -0.4 is 14.6 Å². The fraction of sp³-hybridized carbons (Fsp3) is 0.212. The van der Waals surface area contributed by atoms with Gasteiger partial charge >= 0.3 is 0 Å². The quantitative estimate of drug-likeness (QED) is 0.171. The lowest BCUT2D eigenvalue weighted by Gasteiger charge is -2.26. The first-order valence-corrected chi connectivity index (χ1v) is 13.1. The third kappa shape index (κ3) is 7.80. The number of hydrogen-bond donors (Lipinski definition) is 2. The molecule has 0 atom stereocenters. The number of halogens is 1. The summed E-state index contributed by atoms with van der Waals surface area (Å²) in [6.07, 6.45) is -1.40. The van der Waals surface area contributed by atoms with Crippen molar-refractivity contribution in [1.82, 2.24) is 4.90 Å². The molecule has 4 aromatic carbocycles. The van der Waals surface area contributed by atoms with Crippen LogP contribution in [-0.2, 0) is 18.6 Å². The molecule has 1 amide bonds. The molecule has 8 heteroatoms. The number of phenols is 1. The van der Waals surface area contributed by atoms with Crippen molar-refractivity contribution >= 4 is 24.3 Å². The summed E-state index contributed by atoms with van der Waals surface area (Å²) in [6, 6.07) is 30.1. The highest BCUT2D eigenvalue weighted by atomic mass is 35.5. The molecule has 0 unspecified atom stereocenters. The van der Waals surface area contributed by atoms with E-state index in [0.29, 0.717) is 24.5 Å². The molecule has 0 heterocycles. The van der Waals surface area contributed by atoms with Gasteiger partial charge in [-0.1, -0.05) is 56.3 Å². The van der Waals surface area contributed by atoms with E-state index in [9.17, 15) is 15.0 Å². The second-order valence-electron chi connectivity index (χ2n) is 9.98. The predicted octanol–water partition coefficient (Wildman–Crippen LogP) is 6.29. The molecule has 4 rings (SSSR count). The molecule has 4 aromatic rings. The van der Waals surface area contributed by atoms with Gasteiger partial charge in [-0.05, 0) is 83.8 Å². The number of nitrogens with one attached hydrogen (secondary N) is 1. The number of aromatic hydroxyl groups is 1. The highest BCUT2D eigenvalue weighted by Crippen LogP contribution is 2.33. The molecule has 0 spiro atoms. The zero-order valence-electron chi connectivity index (χ0n) is 23.3. The van der Waals surface area contributed by atoms with Crippen LogP contribution in [0.15, 0.2) is 97.1 Å². The molecule has 0 bridgehead atoms. The lowest BCUT2D eigenvalue weighted by molar-refractivity contribution is -0.260. The van der Waals surface area contributed by atoms with Gasteiger partial charge in [0.05, 0.1) is 0 Å². The van der Waals surface area contributed by atoms with E-state index in [-0.39, 0.29) is 36.0 Å². The van der Waals surface area contributed by atoms with E-state index in [1.54, 1.807) is 43.3 Å². The number of phenolic OH excluding ortho intramolecular Hbond substituents is 1. The number of rotatable bonds is 10. The van der Waals surface area contributed by atoms with Gasteiger partial charge in [-0.25, -0.2) is 0 Å². The molecule has 0 radical (unpaired) electrons. The summed E-state index contributed by atoms with van der Waals surface area (Å²) in [6.45, 7) is 6.87. The minimum absolute atomic E-state index is 0. The van der Waals surface area contributed by atoms with Crippen LogP contribution in [0, 0.1) is 5.41 Å². The van der Waals surface area contributed by atoms with Crippen molar-refractivity contribution in [2.75, 3.05) is 6.54 Å². The van der Waals surface area contributed by atoms with Gasteiger partial charge in [0, 0.05) is 17.5 Å². The summed E-state index contributed by atoms with van der Waals surface area (Å²) < 4.78 is 11.9. The fourth-order valence-electron chi connectivity index (χ4n) is 4.40. The van der Waals surface area contributed by atoms with E-state index in [0.717, 1.165) is 32.9 Å². The van der Waals surface area contributed by atoms with Gasteiger partial charge < -0.3 is 29.4 Å². The first kappa shape index (κ1) is 31.0. The van der Waals surface area contributed by atoms with Gasteiger partial charge in [-0.2, -0.15) is 0 Å². The van der Waals surface area contributed by atoms with Gasteiger partial charge in [0.15, 0.2) is 0 Å². The van der Waals surface area contributed by atoms with Gasteiger partial charge in [-0.15, -0.1) is 12.4 Å². The second-order valence-corrected chi connectivity index (χ2v) is 9.98. The third-order valence-corrected chi connectivity index (χ3v) is 6.90. The Hall–Kier alpha value is -4.49. The fourth-order valence-corrected chi connectivity index (χ4v) is 4.40. The Kier molecular flexibility index (Phi) is 10.4. The van der Waals surface area contributed by atoms with Crippen LogP contribution in [-0.4, -0.2) is 28.5 Å². The largest absolute Gasteiger partial charge is 0.530 e. The van der Waals surface area contributed by atoms with Crippen molar-refractivity contribution in [2.24, 2.45) is 0 Å². The van der Waals surface area contributed by atoms with Crippen LogP contribution in [0.1, 0.15) is 48.6 Å². The lowest BCUT2D eigenvalue weighted by atomic mass is 9.78. The van der Waals surface area contributed by atoms with Gasteiger partial charge in [-0.3, -0.25) is 5.41 Å². The Balaban J connectivity index is 0.00000462. The molecule has 41 heavy (non-hydrogen) atoms. The van der Waals surface area contributed by atoms with Crippen molar-refractivity contribution in [1.29, 1.82) is 5.41 Å². The van der Waals surface area contributed by atoms with E-state index < -0.39 is 6.09 Å². The van der Waals surface area contributed by atoms with Crippen molar-refractivity contribution in [2.45, 2.75) is 39.4 Å². The van der Waals surface area contributed by atoms with Crippen molar-refractivity contribution < 1.29 is 24.5 Å². The molecule has 0 saturated heterocycles. The Bertz CT molecular complexity index is 1450. The minimum Gasteiger partial charge on any atom is -0.530 e. The first-order chi connectivity index (χ1) is 19.2. The second kappa shape index (κ2) is 13.7. The van der Waals surface area contributed by atoms with Crippen LogP contribution in [0.3, 0.4) is 0 Å². The predicted molar refractivity (Wildman–Crippen MR) is 160 cm³/mol. The van der Waals surface area contributed by atoms with Crippen LogP contribution >= 0.6 is 12.4 Å². The number of amidine groups is 1. The van der Waals surface area contributed by atoms with Gasteiger partial charge in [0.1, 0.15) is 42.4 Å². The van der Waals surface area contributed by atoms with Crippen LogP contribution in [0.5, 0.6) is 17.2 Å². The number of ether oxygens (including phenoxy) is 2. The van der Waals surface area contributed by atoms with E-state index in [2.05, 4.69) is 26.0 Å². The zero-order chi connectivity index (χ0) is 28.7. The number of hydrogen-bond acceptors (Lipinski definition) is 6. The summed E-state index contributed by atoms with van der Waals surface area (Å²) in [5.41, 5.74) is 4.52. The standard InChI is InChI=1S/C33H34N2O5.ClH/c1-4-35(32(37)38)31(34)25-8-16-29(17-9-25)39-21-23-6-5-7-24(20-23)22-40-30-18-12-27(13-19-30)33(2,3)26-10-14-28(36)15-11-26;/h5-20,34,36H,4,21-22H2,1-3H3,(H,37,38);1H/p-1. The average Bonchev–Trinajstić information content (AvgIpc) is 2.96. The normalized spacial score (nSPS) is 10.8. The number of carbonyl (C=O) groups excluding carboxylic acids is 1. The summed E-state index contributed by atoms with van der Waals surface area (Å²) in [5.74, 6) is 1.52. The zero-order valence-corrected chi connectivity index (χ0v) is 24.1. The maximum atomic E-state index is 11.2. The Labute approximate surface area is 246 Å². The van der Waals surface area contributed by atoms with Crippen LogP contribution in [0.2, 0.25) is 0 Å². The molecule has 0 saturated carbocycles. The molecule has 0 aliphatic heterocycles. The number of carbonyl (C=O) groups is 1. The maximum absolute atomic E-state index is 11.2. The summed E-state index contributed by atoms with van der Waals surface area (Å²) in [7, 11) is 0. The average molecular weight is 574 g/mol. The summed E-state index contributed by atoms with van der Waals surface area (Å²) in [4.78, 5) is 12.0. The Morgan fingerprint density at radius 1 is 0.829 bits per heavy atom. The Morgan fingerprint density at radius 3 is 1.76 bits per heavy atom. The molecule has 7 nitrogen and oxygen atoms in total. The summed E-state index contributed by atoms with van der Waals surface area (Å²) >= 11 is 0. The maximum Gasteiger partial charge on any atom is 0.142 e. The van der Waals surface area contributed by atoms with Gasteiger partial charge in [0.25, 0.3) is 0 Å². The van der Waals surface area contributed by atoms with Gasteiger partial charge in [0.2, 0.25) is 0 Å². The minimum atomic E-state index is -1.40. The smallest absolute Gasteiger partial charge is 0.142 e. The molecular weight excluding hydrogens is 540 g/mol. The molecule has 0 aromatic heterocycles. The van der Waals surface area contributed by atoms with Crippen molar-refractivity contribution in [3.63, 3.8) is 0 Å². The van der Waals surface area contributed by atoms with Crippen LogP contribution in [0.4, 0.5) is 4.79 Å². The van der Waals surface area contributed by atoms with E-state index >= 15 is 0 Å². The Morgan fingerprint density at radius 2 is 1.29 bits per heavy atom. The number of amides is 1. The topological polar surface area (TPSA) is 106 Å². The highest BCUT2D eigenvalue weighted by Gasteiger charge is 2.23. The number of nitrogens with zero attached hydrogens (tertiary/aromatic N) is 1. The molecular formula is C33H34ClN2O5-. The van der Waals surface area contributed by atoms with E-state index in [1.165, 1.54) is 0 Å². The first-order valence-electron chi connectivity index (χ1n) is 13.1. The number of benzene rings is 4.